The molecular formula is C27H31FN2O4S2. The highest BCUT2D eigenvalue weighted by Gasteiger charge is 2.28. The Labute approximate surface area is 220 Å². The largest absolute Gasteiger partial charge is 0.494 e. The van der Waals surface area contributed by atoms with E-state index in [1.54, 1.807) is 36.0 Å². The first-order chi connectivity index (χ1) is 17.4. The van der Waals surface area contributed by atoms with Crippen LogP contribution in [-0.2, 0) is 16.0 Å². The van der Waals surface area contributed by atoms with Gasteiger partial charge in [-0.1, -0.05) is 12.0 Å². The van der Waals surface area contributed by atoms with Crippen LogP contribution in [0.4, 0.5) is 3.89 Å². The third-order valence-corrected chi connectivity index (χ3v) is 7.26. The van der Waals surface area contributed by atoms with Crippen molar-refractivity contribution in [3.05, 3.63) is 59.7 Å². The maximum Gasteiger partial charge on any atom is 0.321 e. The average Bonchev–Trinajstić information content (AvgIpc) is 3.27. The van der Waals surface area contributed by atoms with Crippen LogP contribution in [0, 0.1) is 25.2 Å². The number of aromatic nitrogens is 1. The first-order valence-corrected chi connectivity index (χ1v) is 13.7. The molecule has 1 aliphatic rings. The predicted molar refractivity (Wildman–Crippen MR) is 143 cm³/mol. The fourth-order valence-electron chi connectivity index (χ4n) is 3.67. The summed E-state index contributed by atoms with van der Waals surface area (Å²) in [6.07, 6.45) is 12.5. The van der Waals surface area contributed by atoms with E-state index in [-0.39, 0.29) is 18.1 Å². The molecule has 0 bridgehead atoms. The van der Waals surface area contributed by atoms with Gasteiger partial charge in [0.15, 0.2) is 0 Å². The van der Waals surface area contributed by atoms with E-state index in [0.29, 0.717) is 54.1 Å². The van der Waals surface area contributed by atoms with Gasteiger partial charge in [0.05, 0.1) is 24.4 Å². The lowest BCUT2D eigenvalue weighted by Gasteiger charge is -2.32. The fraction of sp³-hybridized carbons (Fsp3) is 0.407. The molecule has 1 aromatic carbocycles. The van der Waals surface area contributed by atoms with Crippen LogP contribution in [0.1, 0.15) is 24.8 Å². The van der Waals surface area contributed by atoms with Crippen molar-refractivity contribution in [3.63, 3.8) is 0 Å². The van der Waals surface area contributed by atoms with Crippen molar-refractivity contribution in [1.82, 2.24) is 9.88 Å². The smallest absolute Gasteiger partial charge is 0.321 e. The zero-order valence-electron chi connectivity index (χ0n) is 20.5. The van der Waals surface area contributed by atoms with Gasteiger partial charge in [0.25, 0.3) is 0 Å². The van der Waals surface area contributed by atoms with E-state index in [2.05, 4.69) is 10.9 Å². The van der Waals surface area contributed by atoms with Gasteiger partial charge in [-0.15, -0.1) is 6.42 Å². The minimum atomic E-state index is -0.773. The lowest BCUT2D eigenvalue weighted by atomic mass is 10.1. The Kier molecular flexibility index (Phi) is 11.0. The highest BCUT2D eigenvalue weighted by atomic mass is 32.2. The summed E-state index contributed by atoms with van der Waals surface area (Å²) in [7, 11) is 0. The third kappa shape index (κ3) is 8.19. The minimum Gasteiger partial charge on any atom is -0.494 e. The van der Waals surface area contributed by atoms with Crippen LogP contribution in [0.2, 0.25) is 0 Å². The highest BCUT2D eigenvalue weighted by molar-refractivity contribution is 7.99. The van der Waals surface area contributed by atoms with Gasteiger partial charge in [0, 0.05) is 47.4 Å². The lowest BCUT2D eigenvalue weighted by Crippen LogP contribution is -2.47. The van der Waals surface area contributed by atoms with E-state index in [0.717, 1.165) is 23.6 Å². The number of rotatable bonds is 12. The Morgan fingerprint density at radius 3 is 2.94 bits per heavy atom. The van der Waals surface area contributed by atoms with E-state index in [4.69, 9.17) is 15.6 Å². The number of halogens is 1. The number of hydrogen-bond acceptors (Lipinski definition) is 7. The summed E-state index contributed by atoms with van der Waals surface area (Å²) in [6.45, 7) is 5.59. The molecule has 6 nitrogen and oxygen atoms in total. The Balaban J connectivity index is 1.61. The van der Waals surface area contributed by atoms with Gasteiger partial charge in [-0.05, 0) is 56.7 Å². The Morgan fingerprint density at radius 2 is 2.25 bits per heavy atom. The fourth-order valence-corrected chi connectivity index (χ4v) is 5.02. The number of aliphatic carboxylic acids is 1. The molecule has 1 fully saturated rings. The number of oxazole rings is 1. The number of aryl methyl sites for hydroxylation is 1. The number of allylic oxidation sites excluding steroid dienone is 2. The van der Waals surface area contributed by atoms with Gasteiger partial charge in [-0.2, -0.15) is 15.6 Å². The van der Waals surface area contributed by atoms with Gasteiger partial charge in [0.1, 0.15) is 17.6 Å². The van der Waals surface area contributed by atoms with E-state index in [1.165, 1.54) is 0 Å². The number of hydrogen-bond donors (Lipinski definition) is 1. The molecule has 36 heavy (non-hydrogen) atoms. The molecule has 0 aliphatic carbocycles. The van der Waals surface area contributed by atoms with E-state index in [9.17, 15) is 13.8 Å². The van der Waals surface area contributed by atoms with Gasteiger partial charge < -0.3 is 14.3 Å². The van der Waals surface area contributed by atoms with Crippen molar-refractivity contribution in [2.45, 2.75) is 37.6 Å². The Morgan fingerprint density at radius 1 is 1.47 bits per heavy atom. The molecular weight excluding hydrogens is 499 g/mol. The molecule has 1 aromatic heterocycles. The van der Waals surface area contributed by atoms with Crippen LogP contribution >= 0.6 is 23.9 Å². The third-order valence-electron chi connectivity index (χ3n) is 5.79. The van der Waals surface area contributed by atoms with Crippen molar-refractivity contribution in [3.8, 4) is 23.8 Å². The monoisotopic (exact) mass is 530 g/mol. The molecule has 1 saturated heterocycles. The molecule has 2 unspecified atom stereocenters. The standard InChI is InChI=1S/C27H31FN2O4S2/c1-4-19(2)7-10-22(6-5-14-30-15-17-35-18-25(30)27(31)32)33-16-13-24-20(3)34-26(29-24)21-8-11-23(36-28)12-9-21/h1,6-12,19,25H,5,13-18H2,2-3H3,(H,31,32)/b10-7-,22-6+. The zero-order valence-corrected chi connectivity index (χ0v) is 22.1. The summed E-state index contributed by atoms with van der Waals surface area (Å²) >= 11 is 1.88. The predicted octanol–water partition coefficient (Wildman–Crippen LogP) is 5.79. The maximum absolute atomic E-state index is 12.7. The maximum atomic E-state index is 12.7. The molecule has 0 spiro atoms. The molecule has 0 saturated carbocycles. The number of carboxylic acid groups (broad SMARTS) is 1. The quantitative estimate of drug-likeness (QED) is 0.210. The first-order valence-electron chi connectivity index (χ1n) is 11.8. The SMILES string of the molecule is C#CC(C)/C=C\C(=C/CCN1CCSCC1C(=O)O)OCCc1nc(-c2ccc(SF)cc2)oc1C. The molecule has 192 valence electrons. The van der Waals surface area contributed by atoms with Crippen LogP contribution in [0.15, 0.2) is 57.6 Å². The molecule has 9 heteroatoms. The van der Waals surface area contributed by atoms with Gasteiger partial charge in [0.2, 0.25) is 5.89 Å². The molecule has 1 aliphatic heterocycles. The summed E-state index contributed by atoms with van der Waals surface area (Å²) in [5.74, 6) is 5.31. The highest BCUT2D eigenvalue weighted by Crippen LogP contribution is 2.26. The molecule has 1 N–H and O–H groups in total. The van der Waals surface area contributed by atoms with E-state index >= 15 is 0 Å². The number of terminal acetylenes is 1. The molecule has 0 radical (unpaired) electrons. The van der Waals surface area contributed by atoms with Crippen LogP contribution in [0.25, 0.3) is 11.5 Å². The van der Waals surface area contributed by atoms with Crippen molar-refractivity contribution in [2.75, 3.05) is 31.2 Å². The number of ether oxygens (including phenoxy) is 1. The molecule has 3 rings (SSSR count). The number of nitrogens with zero attached hydrogens (tertiary/aromatic N) is 2. The van der Waals surface area contributed by atoms with Crippen LogP contribution < -0.4 is 0 Å². The first kappa shape index (κ1) is 27.9. The van der Waals surface area contributed by atoms with Gasteiger partial charge in [-0.3, -0.25) is 9.69 Å². The molecule has 2 heterocycles. The normalized spacial score (nSPS) is 17.7. The lowest BCUT2D eigenvalue weighted by molar-refractivity contribution is -0.142. The summed E-state index contributed by atoms with van der Waals surface area (Å²) < 4.78 is 24.6. The molecule has 0 amide bonds. The second-order valence-corrected chi connectivity index (χ2v) is 10.2. The number of carbonyl (C=O) groups is 1. The van der Waals surface area contributed by atoms with Gasteiger partial charge in [-0.25, -0.2) is 4.98 Å². The minimum absolute atomic E-state index is 0.0324. The average molecular weight is 531 g/mol. The van der Waals surface area contributed by atoms with Crippen molar-refractivity contribution < 1.29 is 22.9 Å². The zero-order chi connectivity index (χ0) is 25.9. The topological polar surface area (TPSA) is 75.8 Å². The van der Waals surface area contributed by atoms with Crippen molar-refractivity contribution in [1.29, 1.82) is 0 Å². The summed E-state index contributed by atoms with van der Waals surface area (Å²) in [5.41, 5.74) is 1.58. The van der Waals surface area contributed by atoms with E-state index < -0.39 is 12.0 Å². The molecule has 2 aromatic rings. The summed E-state index contributed by atoms with van der Waals surface area (Å²) in [4.78, 5) is 18.7. The second-order valence-electron chi connectivity index (χ2n) is 8.40. The number of carboxylic acids is 1. The summed E-state index contributed by atoms with van der Waals surface area (Å²) in [5, 5.41) is 9.48. The van der Waals surface area contributed by atoms with Crippen molar-refractivity contribution >= 4 is 29.9 Å². The Hall–Kier alpha value is -2.67. The van der Waals surface area contributed by atoms with Crippen molar-refractivity contribution in [2.24, 2.45) is 5.92 Å². The van der Waals surface area contributed by atoms with Crippen LogP contribution in [0.3, 0.4) is 0 Å². The van der Waals surface area contributed by atoms with Crippen LogP contribution in [0.5, 0.6) is 0 Å². The van der Waals surface area contributed by atoms with Gasteiger partial charge >= 0.3 is 5.97 Å². The van der Waals surface area contributed by atoms with E-state index in [1.807, 2.05) is 37.0 Å². The number of thioether (sulfide) groups is 1. The van der Waals surface area contributed by atoms with Crippen LogP contribution in [-0.4, -0.2) is 58.2 Å². The number of benzene rings is 1. The Bertz CT molecular complexity index is 1110. The molecule has 2 atom stereocenters. The summed E-state index contributed by atoms with van der Waals surface area (Å²) in [6, 6.07) is 6.48. The second kappa shape index (κ2) is 14.2.